The number of carbonyl (C=O) groups excluding carboxylic acids is 2. The number of nitrogens with zero attached hydrogens (tertiary/aromatic N) is 1. The van der Waals surface area contributed by atoms with Crippen molar-refractivity contribution in [2.24, 2.45) is 0 Å². The first kappa shape index (κ1) is 19.2. The predicted molar refractivity (Wildman–Crippen MR) is 111 cm³/mol. The summed E-state index contributed by atoms with van der Waals surface area (Å²) in [5.41, 5.74) is 2.09. The van der Waals surface area contributed by atoms with Crippen molar-refractivity contribution in [2.45, 2.75) is 31.2 Å². The average Bonchev–Trinajstić information content (AvgIpc) is 3.15. The summed E-state index contributed by atoms with van der Waals surface area (Å²) in [6.45, 7) is 1.97. The highest BCUT2D eigenvalue weighted by atomic mass is 79.9. The number of ether oxygens (including phenoxy) is 1. The van der Waals surface area contributed by atoms with Crippen LogP contribution >= 0.6 is 15.9 Å². The molecule has 28 heavy (non-hydrogen) atoms. The van der Waals surface area contributed by atoms with Crippen LogP contribution < -0.4 is 10.2 Å². The summed E-state index contributed by atoms with van der Waals surface area (Å²) in [6.07, 6.45) is 2.95. The number of hydrogen-bond acceptors (Lipinski definition) is 3. The van der Waals surface area contributed by atoms with Gasteiger partial charge >= 0.3 is 0 Å². The molecule has 2 saturated heterocycles. The van der Waals surface area contributed by atoms with E-state index < -0.39 is 5.54 Å². The van der Waals surface area contributed by atoms with Crippen molar-refractivity contribution < 1.29 is 14.3 Å². The standard InChI is InChI=1S/C22H23BrN2O3/c23-18-4-1-3-17(15-18)22(10-13-28-14-11-22)24-21(27)16-6-8-19(9-7-16)25-12-2-5-20(25)26/h1,3-4,6-9,15H,2,5,10-14H2,(H,24,27). The van der Waals surface area contributed by atoms with Crippen LogP contribution in [0.3, 0.4) is 0 Å². The van der Waals surface area contributed by atoms with E-state index in [0.29, 0.717) is 25.2 Å². The summed E-state index contributed by atoms with van der Waals surface area (Å²) >= 11 is 3.53. The van der Waals surface area contributed by atoms with Gasteiger partial charge in [0.05, 0.1) is 5.54 Å². The summed E-state index contributed by atoms with van der Waals surface area (Å²) in [5, 5.41) is 3.27. The van der Waals surface area contributed by atoms with E-state index in [-0.39, 0.29) is 11.8 Å². The molecular weight excluding hydrogens is 420 g/mol. The Morgan fingerprint density at radius 3 is 2.50 bits per heavy atom. The Kier molecular flexibility index (Phi) is 5.51. The number of anilines is 1. The highest BCUT2D eigenvalue weighted by Gasteiger charge is 2.36. The average molecular weight is 443 g/mol. The second-order valence-electron chi connectivity index (χ2n) is 7.35. The van der Waals surface area contributed by atoms with Crippen LogP contribution in [0.2, 0.25) is 0 Å². The molecule has 0 saturated carbocycles. The lowest BCUT2D eigenvalue weighted by atomic mass is 9.82. The number of halogens is 1. The molecule has 0 bridgehead atoms. The minimum atomic E-state index is -0.442. The van der Waals surface area contributed by atoms with Crippen molar-refractivity contribution in [1.29, 1.82) is 0 Å². The van der Waals surface area contributed by atoms with E-state index in [0.717, 1.165) is 41.5 Å². The molecule has 0 unspecified atom stereocenters. The van der Waals surface area contributed by atoms with Crippen LogP contribution in [0.15, 0.2) is 53.0 Å². The Bertz CT molecular complexity index is 876. The van der Waals surface area contributed by atoms with E-state index in [2.05, 4.69) is 33.4 Å². The van der Waals surface area contributed by atoms with E-state index in [9.17, 15) is 9.59 Å². The maximum absolute atomic E-state index is 13.0. The number of hydrogen-bond donors (Lipinski definition) is 1. The molecule has 0 aromatic heterocycles. The fourth-order valence-corrected chi connectivity index (χ4v) is 4.39. The van der Waals surface area contributed by atoms with Crippen molar-refractivity contribution in [3.63, 3.8) is 0 Å². The van der Waals surface area contributed by atoms with Gasteiger partial charge in [-0.3, -0.25) is 9.59 Å². The maximum Gasteiger partial charge on any atom is 0.251 e. The molecule has 0 aliphatic carbocycles. The predicted octanol–water partition coefficient (Wildman–Crippen LogP) is 4.01. The van der Waals surface area contributed by atoms with Crippen LogP contribution in [-0.4, -0.2) is 31.6 Å². The quantitative estimate of drug-likeness (QED) is 0.777. The molecular formula is C22H23BrN2O3. The van der Waals surface area contributed by atoms with E-state index >= 15 is 0 Å². The zero-order valence-electron chi connectivity index (χ0n) is 15.6. The molecule has 5 nitrogen and oxygen atoms in total. The molecule has 0 atom stereocenters. The second-order valence-corrected chi connectivity index (χ2v) is 8.27. The third-order valence-electron chi connectivity index (χ3n) is 5.59. The molecule has 0 radical (unpaired) electrons. The van der Waals surface area contributed by atoms with Crippen molar-refractivity contribution in [3.8, 4) is 0 Å². The van der Waals surface area contributed by atoms with Crippen molar-refractivity contribution in [3.05, 3.63) is 64.1 Å². The van der Waals surface area contributed by atoms with Gasteiger partial charge in [0, 0.05) is 41.9 Å². The van der Waals surface area contributed by atoms with E-state index in [1.54, 1.807) is 17.0 Å². The van der Waals surface area contributed by atoms with Crippen LogP contribution in [0.25, 0.3) is 0 Å². The first-order valence-electron chi connectivity index (χ1n) is 9.64. The molecule has 146 valence electrons. The maximum atomic E-state index is 13.0. The largest absolute Gasteiger partial charge is 0.381 e. The normalized spacial score (nSPS) is 18.9. The summed E-state index contributed by atoms with van der Waals surface area (Å²) in [5.74, 6) is 0.0363. The summed E-state index contributed by atoms with van der Waals surface area (Å²) in [4.78, 5) is 26.7. The lowest BCUT2D eigenvalue weighted by Crippen LogP contribution is -2.49. The fraction of sp³-hybridized carbons (Fsp3) is 0.364. The first-order chi connectivity index (χ1) is 13.6. The van der Waals surface area contributed by atoms with Gasteiger partial charge in [-0.2, -0.15) is 0 Å². The van der Waals surface area contributed by atoms with E-state index in [4.69, 9.17) is 4.74 Å². The van der Waals surface area contributed by atoms with Gasteiger partial charge in [0.25, 0.3) is 5.91 Å². The van der Waals surface area contributed by atoms with Crippen molar-refractivity contribution in [1.82, 2.24) is 5.32 Å². The molecule has 0 spiro atoms. The fourth-order valence-electron chi connectivity index (χ4n) is 4.00. The molecule has 4 rings (SSSR count). The molecule has 2 aromatic carbocycles. The Hall–Kier alpha value is -2.18. The highest BCUT2D eigenvalue weighted by Crippen LogP contribution is 2.34. The zero-order valence-corrected chi connectivity index (χ0v) is 17.2. The Morgan fingerprint density at radius 1 is 1.11 bits per heavy atom. The monoisotopic (exact) mass is 442 g/mol. The number of carbonyl (C=O) groups is 2. The molecule has 1 N–H and O–H groups in total. The van der Waals surface area contributed by atoms with Crippen molar-refractivity contribution >= 4 is 33.4 Å². The molecule has 2 aliphatic heterocycles. The van der Waals surface area contributed by atoms with Gasteiger partial charge in [-0.1, -0.05) is 28.1 Å². The molecule has 2 fully saturated rings. The lowest BCUT2D eigenvalue weighted by Gasteiger charge is -2.38. The topological polar surface area (TPSA) is 58.6 Å². The second kappa shape index (κ2) is 8.05. The van der Waals surface area contributed by atoms with E-state index in [1.807, 2.05) is 24.3 Å². The third-order valence-corrected chi connectivity index (χ3v) is 6.08. The van der Waals surface area contributed by atoms with Gasteiger partial charge in [-0.05, 0) is 61.2 Å². The minimum absolute atomic E-state index is 0.110. The van der Waals surface area contributed by atoms with Gasteiger partial charge in [0.2, 0.25) is 5.91 Å². The van der Waals surface area contributed by atoms with Crippen LogP contribution in [0.4, 0.5) is 5.69 Å². The van der Waals surface area contributed by atoms with Crippen LogP contribution in [0.1, 0.15) is 41.6 Å². The summed E-state index contributed by atoms with van der Waals surface area (Å²) in [6, 6.07) is 15.4. The lowest BCUT2D eigenvalue weighted by molar-refractivity contribution is -0.117. The van der Waals surface area contributed by atoms with Gasteiger partial charge in [-0.15, -0.1) is 0 Å². The molecule has 2 aliphatic rings. The van der Waals surface area contributed by atoms with Gasteiger partial charge in [0.15, 0.2) is 0 Å². The Morgan fingerprint density at radius 2 is 1.86 bits per heavy atom. The summed E-state index contributed by atoms with van der Waals surface area (Å²) < 4.78 is 6.54. The first-order valence-corrected chi connectivity index (χ1v) is 10.4. The Labute approximate surface area is 173 Å². The number of nitrogens with one attached hydrogen (secondary N) is 1. The van der Waals surface area contributed by atoms with Crippen LogP contribution in [-0.2, 0) is 15.1 Å². The SMILES string of the molecule is O=C(NC1(c2cccc(Br)c2)CCOCC1)c1ccc(N2CCCC2=O)cc1. The Balaban J connectivity index is 1.55. The zero-order chi connectivity index (χ0) is 19.6. The smallest absolute Gasteiger partial charge is 0.251 e. The van der Waals surface area contributed by atoms with Gasteiger partial charge in [0.1, 0.15) is 0 Å². The number of amides is 2. The third kappa shape index (κ3) is 3.84. The van der Waals surface area contributed by atoms with Crippen LogP contribution in [0.5, 0.6) is 0 Å². The van der Waals surface area contributed by atoms with Crippen LogP contribution in [0, 0.1) is 0 Å². The summed E-state index contributed by atoms with van der Waals surface area (Å²) in [7, 11) is 0. The molecule has 6 heteroatoms. The van der Waals surface area contributed by atoms with Gasteiger partial charge < -0.3 is 15.0 Å². The minimum Gasteiger partial charge on any atom is -0.381 e. The molecule has 2 heterocycles. The van der Waals surface area contributed by atoms with Gasteiger partial charge in [-0.25, -0.2) is 0 Å². The molecule has 2 aromatic rings. The van der Waals surface area contributed by atoms with E-state index in [1.165, 1.54) is 0 Å². The number of benzene rings is 2. The van der Waals surface area contributed by atoms with Crippen molar-refractivity contribution in [2.75, 3.05) is 24.7 Å². The highest BCUT2D eigenvalue weighted by molar-refractivity contribution is 9.10. The number of rotatable bonds is 4. The molecule has 2 amide bonds.